The minimum atomic E-state index is -0.205. The van der Waals surface area contributed by atoms with Crippen LogP contribution < -0.4 is 0 Å². The molecule has 1 heteroatoms. The third kappa shape index (κ3) is 6.19. The Morgan fingerprint density at radius 1 is 0.719 bits per heavy atom. The summed E-state index contributed by atoms with van der Waals surface area (Å²) in [6.45, 7) is 8.32. The number of rotatable bonds is 11. The highest BCUT2D eigenvalue weighted by molar-refractivity contribution is 5.87. The molecular formula is C31H38O. The number of benzene rings is 3. The zero-order valence-corrected chi connectivity index (χ0v) is 20.3. The van der Waals surface area contributed by atoms with E-state index in [4.69, 9.17) is 0 Å². The highest BCUT2D eigenvalue weighted by Gasteiger charge is 2.20. The molecule has 0 amide bonds. The molecule has 168 valence electrons. The quantitative estimate of drug-likeness (QED) is 0.281. The normalized spacial score (nSPS) is 12.0. The van der Waals surface area contributed by atoms with Crippen LogP contribution in [0.5, 0.6) is 0 Å². The maximum Gasteiger partial charge on any atom is 0.141 e. The van der Waals surface area contributed by atoms with Gasteiger partial charge >= 0.3 is 0 Å². The van der Waals surface area contributed by atoms with Crippen LogP contribution in [0.25, 0.3) is 11.1 Å². The summed E-state index contributed by atoms with van der Waals surface area (Å²) in [5, 5.41) is 0. The van der Waals surface area contributed by atoms with Gasteiger partial charge in [0.1, 0.15) is 5.78 Å². The molecule has 3 aromatic carbocycles. The molecule has 0 aliphatic heterocycles. The first-order valence-corrected chi connectivity index (χ1v) is 12.3. The third-order valence-corrected chi connectivity index (χ3v) is 6.46. The summed E-state index contributed by atoms with van der Waals surface area (Å²) in [6.07, 6.45) is 8.47. The predicted octanol–water partition coefficient (Wildman–Crippen LogP) is 8.46. The maximum absolute atomic E-state index is 12.6. The summed E-state index contributed by atoms with van der Waals surface area (Å²) in [4.78, 5) is 12.6. The zero-order valence-electron chi connectivity index (χ0n) is 20.3. The van der Waals surface area contributed by atoms with Gasteiger partial charge in [-0.3, -0.25) is 4.79 Å². The van der Waals surface area contributed by atoms with Crippen LogP contribution in [0.15, 0.2) is 66.7 Å². The van der Waals surface area contributed by atoms with Crippen molar-refractivity contribution >= 4 is 5.78 Å². The number of hydrogen-bond donors (Lipinski definition) is 0. The average molecular weight is 427 g/mol. The van der Waals surface area contributed by atoms with Crippen molar-refractivity contribution in [2.45, 2.75) is 78.6 Å². The molecule has 0 spiro atoms. The summed E-state index contributed by atoms with van der Waals surface area (Å²) in [5.41, 5.74) is 8.63. The Labute approximate surface area is 194 Å². The lowest BCUT2D eigenvalue weighted by atomic mass is 9.85. The van der Waals surface area contributed by atoms with Crippen molar-refractivity contribution in [1.82, 2.24) is 0 Å². The summed E-state index contributed by atoms with van der Waals surface area (Å²) < 4.78 is 0. The van der Waals surface area contributed by atoms with Crippen molar-refractivity contribution in [3.05, 3.63) is 94.5 Å². The summed E-state index contributed by atoms with van der Waals surface area (Å²) in [7, 11) is 0. The van der Waals surface area contributed by atoms with E-state index in [1.165, 1.54) is 59.9 Å². The molecule has 0 fully saturated rings. The molecule has 1 atom stereocenters. The van der Waals surface area contributed by atoms with Gasteiger partial charge in [-0.1, -0.05) is 99.8 Å². The molecule has 0 radical (unpaired) electrons. The van der Waals surface area contributed by atoms with Gasteiger partial charge in [0, 0.05) is 0 Å². The van der Waals surface area contributed by atoms with E-state index in [9.17, 15) is 4.79 Å². The number of ketones is 1. The first kappa shape index (κ1) is 24.0. The SMILES string of the molecule is CCCCCc1ccc(-c2ccc(C(C(C)=O)c3ccc(CCCC)cc3)cc2C)cc1. The highest BCUT2D eigenvalue weighted by atomic mass is 16.1. The standard InChI is InChI=1S/C31H38O/c1-5-7-9-11-26-12-16-27(17-13-26)30-21-20-29(22-23(30)3)31(24(4)32)28-18-14-25(15-19-28)10-8-6-2/h12-22,31H,5-11H2,1-4H3. The lowest BCUT2D eigenvalue weighted by molar-refractivity contribution is -0.117. The molecule has 0 saturated heterocycles. The van der Waals surface area contributed by atoms with E-state index in [2.05, 4.69) is 87.5 Å². The average Bonchev–Trinajstić information content (AvgIpc) is 2.79. The number of carbonyl (C=O) groups is 1. The Bertz CT molecular complexity index is 996. The Morgan fingerprint density at radius 2 is 1.28 bits per heavy atom. The molecule has 0 saturated carbocycles. The minimum Gasteiger partial charge on any atom is -0.299 e. The fourth-order valence-electron chi connectivity index (χ4n) is 4.54. The molecule has 0 aliphatic rings. The third-order valence-electron chi connectivity index (χ3n) is 6.46. The Balaban J connectivity index is 1.81. The largest absolute Gasteiger partial charge is 0.299 e. The number of Topliss-reactive ketones (excluding diaryl/α,β-unsaturated/α-hetero) is 1. The van der Waals surface area contributed by atoms with Crippen LogP contribution in [0.1, 0.15) is 86.6 Å². The molecule has 3 rings (SSSR count). The predicted molar refractivity (Wildman–Crippen MR) is 137 cm³/mol. The van der Waals surface area contributed by atoms with Crippen LogP contribution in [-0.4, -0.2) is 5.78 Å². The Kier molecular flexibility index (Phi) is 8.85. The fraction of sp³-hybridized carbons (Fsp3) is 0.387. The van der Waals surface area contributed by atoms with E-state index in [-0.39, 0.29) is 11.7 Å². The van der Waals surface area contributed by atoms with E-state index in [0.29, 0.717) is 0 Å². The zero-order chi connectivity index (χ0) is 22.9. The molecule has 0 heterocycles. The van der Waals surface area contributed by atoms with Gasteiger partial charge in [0.25, 0.3) is 0 Å². The lowest BCUT2D eigenvalue weighted by Gasteiger charge is -2.18. The van der Waals surface area contributed by atoms with Gasteiger partial charge < -0.3 is 0 Å². The topological polar surface area (TPSA) is 17.1 Å². The second-order valence-corrected chi connectivity index (χ2v) is 9.12. The molecule has 3 aromatic rings. The minimum absolute atomic E-state index is 0.190. The molecule has 1 nitrogen and oxygen atoms in total. The van der Waals surface area contributed by atoms with Crippen molar-refractivity contribution in [1.29, 1.82) is 0 Å². The van der Waals surface area contributed by atoms with Crippen molar-refractivity contribution in [3.63, 3.8) is 0 Å². The lowest BCUT2D eigenvalue weighted by Crippen LogP contribution is -2.11. The molecular weight excluding hydrogens is 388 g/mol. The number of hydrogen-bond acceptors (Lipinski definition) is 1. The van der Waals surface area contributed by atoms with Crippen LogP contribution in [-0.2, 0) is 17.6 Å². The van der Waals surface area contributed by atoms with Crippen LogP contribution >= 0.6 is 0 Å². The number of carbonyl (C=O) groups excluding carboxylic acids is 1. The van der Waals surface area contributed by atoms with Crippen LogP contribution in [0.3, 0.4) is 0 Å². The Morgan fingerprint density at radius 3 is 1.84 bits per heavy atom. The van der Waals surface area contributed by atoms with Gasteiger partial charge in [-0.15, -0.1) is 0 Å². The van der Waals surface area contributed by atoms with Crippen molar-refractivity contribution in [2.75, 3.05) is 0 Å². The van der Waals surface area contributed by atoms with Gasteiger partial charge in [-0.25, -0.2) is 0 Å². The monoisotopic (exact) mass is 426 g/mol. The van der Waals surface area contributed by atoms with Gasteiger partial charge in [-0.05, 0) is 78.5 Å². The highest BCUT2D eigenvalue weighted by Crippen LogP contribution is 2.31. The summed E-state index contributed by atoms with van der Waals surface area (Å²) in [6, 6.07) is 24.1. The van der Waals surface area contributed by atoms with Crippen LogP contribution in [0, 0.1) is 6.92 Å². The van der Waals surface area contributed by atoms with Crippen molar-refractivity contribution in [2.24, 2.45) is 0 Å². The first-order valence-electron chi connectivity index (χ1n) is 12.3. The molecule has 1 unspecified atom stereocenters. The smallest absolute Gasteiger partial charge is 0.141 e. The second kappa shape index (κ2) is 11.8. The van der Waals surface area contributed by atoms with Gasteiger partial charge in [-0.2, -0.15) is 0 Å². The second-order valence-electron chi connectivity index (χ2n) is 9.12. The van der Waals surface area contributed by atoms with E-state index >= 15 is 0 Å². The number of aryl methyl sites for hydroxylation is 3. The summed E-state index contributed by atoms with van der Waals surface area (Å²) >= 11 is 0. The van der Waals surface area contributed by atoms with E-state index in [1.807, 2.05) is 0 Å². The molecule has 32 heavy (non-hydrogen) atoms. The molecule has 0 bridgehead atoms. The Hall–Kier alpha value is -2.67. The molecule has 0 aromatic heterocycles. The van der Waals surface area contributed by atoms with E-state index in [1.54, 1.807) is 6.92 Å². The molecule has 0 N–H and O–H groups in total. The van der Waals surface area contributed by atoms with Crippen LogP contribution in [0.4, 0.5) is 0 Å². The van der Waals surface area contributed by atoms with Gasteiger partial charge in [0.15, 0.2) is 0 Å². The van der Waals surface area contributed by atoms with E-state index in [0.717, 1.165) is 24.0 Å². The van der Waals surface area contributed by atoms with E-state index < -0.39 is 0 Å². The molecule has 0 aliphatic carbocycles. The summed E-state index contributed by atoms with van der Waals surface area (Å²) in [5.74, 6) is -0.0150. The number of unbranched alkanes of at least 4 members (excludes halogenated alkanes) is 3. The van der Waals surface area contributed by atoms with Gasteiger partial charge in [0.2, 0.25) is 0 Å². The van der Waals surface area contributed by atoms with Crippen molar-refractivity contribution < 1.29 is 4.79 Å². The van der Waals surface area contributed by atoms with Crippen molar-refractivity contribution in [3.8, 4) is 11.1 Å². The van der Waals surface area contributed by atoms with Crippen LogP contribution in [0.2, 0.25) is 0 Å². The first-order chi connectivity index (χ1) is 15.5. The fourth-order valence-corrected chi connectivity index (χ4v) is 4.54. The maximum atomic E-state index is 12.6. The van der Waals surface area contributed by atoms with Gasteiger partial charge in [0.05, 0.1) is 5.92 Å².